The first-order valence-electron chi connectivity index (χ1n) is 5.60. The maximum absolute atomic E-state index is 11.2. The molecule has 1 fully saturated rings. The number of nitrogens with one attached hydrogen (secondary N) is 1. The third-order valence-corrected chi connectivity index (χ3v) is 3.24. The van der Waals surface area contributed by atoms with Crippen molar-refractivity contribution in [2.24, 2.45) is 0 Å². The summed E-state index contributed by atoms with van der Waals surface area (Å²) in [5.74, 6) is 0.201. The molecule has 0 atom stereocenters. The van der Waals surface area contributed by atoms with Crippen LogP contribution in [0.5, 0.6) is 0 Å². The van der Waals surface area contributed by atoms with Crippen LogP contribution in [-0.4, -0.2) is 33.6 Å². The van der Waals surface area contributed by atoms with E-state index in [1.807, 2.05) is 29.7 Å². The molecule has 5 heteroatoms. The van der Waals surface area contributed by atoms with Gasteiger partial charge in [-0.15, -0.1) is 0 Å². The van der Waals surface area contributed by atoms with Crippen LogP contribution < -0.4 is 5.32 Å². The summed E-state index contributed by atoms with van der Waals surface area (Å²) in [5, 5.41) is 12.4. The number of aryl methyl sites for hydroxylation is 1. The predicted molar refractivity (Wildman–Crippen MR) is 62.5 cm³/mol. The lowest BCUT2D eigenvalue weighted by atomic mass is 10.0. The molecule has 0 unspecified atom stereocenters. The number of aromatic carboxylic acids is 1. The van der Waals surface area contributed by atoms with Gasteiger partial charge in [0.15, 0.2) is 5.69 Å². The van der Waals surface area contributed by atoms with E-state index >= 15 is 0 Å². The number of carbonyl (C=O) groups is 1. The van der Waals surface area contributed by atoms with Crippen molar-refractivity contribution in [3.05, 3.63) is 35.4 Å². The highest BCUT2D eigenvalue weighted by atomic mass is 16.4. The Morgan fingerprint density at radius 1 is 1.59 bits per heavy atom. The number of hydrogen-bond donors (Lipinski definition) is 2. The molecule has 1 saturated heterocycles. The van der Waals surface area contributed by atoms with Crippen LogP contribution >= 0.6 is 0 Å². The van der Waals surface area contributed by atoms with Crippen LogP contribution in [-0.2, 0) is 0 Å². The average molecular weight is 231 g/mol. The van der Waals surface area contributed by atoms with Gasteiger partial charge in [0.25, 0.3) is 0 Å². The van der Waals surface area contributed by atoms with Gasteiger partial charge in [-0.05, 0) is 18.6 Å². The second kappa shape index (κ2) is 3.56. The van der Waals surface area contributed by atoms with E-state index in [0.29, 0.717) is 11.4 Å². The number of aromatic nitrogens is 2. The van der Waals surface area contributed by atoms with Gasteiger partial charge in [0.05, 0.1) is 5.52 Å². The molecule has 0 radical (unpaired) electrons. The summed E-state index contributed by atoms with van der Waals surface area (Å²) < 4.78 is 1.91. The van der Waals surface area contributed by atoms with Gasteiger partial charge in [-0.1, -0.05) is 6.07 Å². The molecule has 2 N–H and O–H groups in total. The Bertz CT molecular complexity index is 599. The van der Waals surface area contributed by atoms with Crippen molar-refractivity contribution >= 4 is 11.5 Å². The highest BCUT2D eigenvalue weighted by Crippen LogP contribution is 2.24. The first-order chi connectivity index (χ1) is 8.18. The molecule has 0 spiro atoms. The highest BCUT2D eigenvalue weighted by Gasteiger charge is 2.27. The van der Waals surface area contributed by atoms with Crippen LogP contribution in [0.25, 0.3) is 5.52 Å². The van der Waals surface area contributed by atoms with Crippen LogP contribution in [0.15, 0.2) is 18.3 Å². The van der Waals surface area contributed by atoms with E-state index in [1.165, 1.54) is 0 Å². The normalized spacial score (nSPS) is 16.1. The van der Waals surface area contributed by atoms with Crippen LogP contribution in [0.2, 0.25) is 0 Å². The summed E-state index contributed by atoms with van der Waals surface area (Å²) in [4.78, 5) is 15.5. The Balaban J connectivity index is 2.30. The van der Waals surface area contributed by atoms with Crippen LogP contribution in [0.3, 0.4) is 0 Å². The number of carboxylic acid groups (broad SMARTS) is 1. The lowest BCUT2D eigenvalue weighted by Crippen LogP contribution is -2.40. The van der Waals surface area contributed by atoms with Gasteiger partial charge in [-0.25, -0.2) is 9.78 Å². The SMILES string of the molecule is Cc1cccn2c(C3CNC3)nc(C(=O)O)c12. The largest absolute Gasteiger partial charge is 0.476 e. The average Bonchev–Trinajstić information content (AvgIpc) is 2.57. The molecule has 5 nitrogen and oxygen atoms in total. The molecule has 3 heterocycles. The minimum atomic E-state index is -0.963. The van der Waals surface area contributed by atoms with Crippen molar-refractivity contribution in [1.29, 1.82) is 0 Å². The fraction of sp³-hybridized carbons (Fsp3) is 0.333. The molecule has 2 aromatic rings. The monoisotopic (exact) mass is 231 g/mol. The van der Waals surface area contributed by atoms with E-state index in [1.54, 1.807) is 0 Å². The smallest absolute Gasteiger partial charge is 0.356 e. The molecule has 2 aromatic heterocycles. The maximum atomic E-state index is 11.2. The number of hydrogen-bond acceptors (Lipinski definition) is 3. The highest BCUT2D eigenvalue weighted by molar-refractivity contribution is 5.94. The molecule has 0 aromatic carbocycles. The van der Waals surface area contributed by atoms with Gasteiger partial charge in [0, 0.05) is 25.2 Å². The van der Waals surface area contributed by atoms with E-state index in [4.69, 9.17) is 0 Å². The van der Waals surface area contributed by atoms with Crippen molar-refractivity contribution < 1.29 is 9.90 Å². The first-order valence-corrected chi connectivity index (χ1v) is 5.60. The Morgan fingerprint density at radius 2 is 2.35 bits per heavy atom. The molecule has 0 bridgehead atoms. The van der Waals surface area contributed by atoms with Gasteiger partial charge >= 0.3 is 5.97 Å². The van der Waals surface area contributed by atoms with E-state index in [9.17, 15) is 9.90 Å². The summed E-state index contributed by atoms with van der Waals surface area (Å²) >= 11 is 0. The Kier molecular flexibility index (Phi) is 2.16. The Hall–Kier alpha value is -1.88. The van der Waals surface area contributed by atoms with Gasteiger partial charge in [0.2, 0.25) is 0 Å². The molecule has 0 amide bonds. The molecule has 1 aliphatic rings. The fourth-order valence-electron chi connectivity index (χ4n) is 2.24. The summed E-state index contributed by atoms with van der Waals surface area (Å²) in [5.41, 5.74) is 1.81. The van der Waals surface area contributed by atoms with Gasteiger partial charge in [0.1, 0.15) is 5.82 Å². The van der Waals surface area contributed by atoms with E-state index in [-0.39, 0.29) is 5.69 Å². The third kappa shape index (κ3) is 1.43. The number of rotatable bonds is 2. The van der Waals surface area contributed by atoms with Crippen molar-refractivity contribution in [1.82, 2.24) is 14.7 Å². The van der Waals surface area contributed by atoms with Gasteiger partial charge in [-0.2, -0.15) is 0 Å². The zero-order valence-electron chi connectivity index (χ0n) is 9.47. The van der Waals surface area contributed by atoms with Crippen LogP contribution in [0.4, 0.5) is 0 Å². The van der Waals surface area contributed by atoms with Crippen molar-refractivity contribution in [3.8, 4) is 0 Å². The quantitative estimate of drug-likeness (QED) is 0.810. The summed E-state index contributed by atoms with van der Waals surface area (Å²) in [7, 11) is 0. The minimum Gasteiger partial charge on any atom is -0.476 e. The molecule has 88 valence electrons. The summed E-state index contributed by atoms with van der Waals surface area (Å²) in [6.45, 7) is 3.64. The number of imidazole rings is 1. The number of fused-ring (bicyclic) bond motifs is 1. The summed E-state index contributed by atoms with van der Waals surface area (Å²) in [6, 6.07) is 3.83. The van der Waals surface area contributed by atoms with Crippen LogP contribution in [0.1, 0.15) is 27.8 Å². The number of pyridine rings is 1. The minimum absolute atomic E-state index is 0.157. The van der Waals surface area contributed by atoms with Crippen molar-refractivity contribution in [2.75, 3.05) is 13.1 Å². The zero-order chi connectivity index (χ0) is 12.0. The molecule has 0 aliphatic carbocycles. The molecule has 17 heavy (non-hydrogen) atoms. The standard InChI is InChI=1S/C12H13N3O2/c1-7-3-2-4-15-10(7)9(12(16)17)14-11(15)8-5-13-6-8/h2-4,8,13H,5-6H2,1H3,(H,16,17). The van der Waals surface area contributed by atoms with Gasteiger partial charge in [-0.3, -0.25) is 0 Å². The lowest BCUT2D eigenvalue weighted by molar-refractivity contribution is 0.0693. The number of carboxylic acids is 1. The topological polar surface area (TPSA) is 66.6 Å². The molecule has 1 aliphatic heterocycles. The molecule has 3 rings (SSSR count). The van der Waals surface area contributed by atoms with Crippen molar-refractivity contribution in [3.63, 3.8) is 0 Å². The second-order valence-corrected chi connectivity index (χ2v) is 4.39. The maximum Gasteiger partial charge on any atom is 0.356 e. The van der Waals surface area contributed by atoms with E-state index in [0.717, 1.165) is 24.5 Å². The Morgan fingerprint density at radius 3 is 2.94 bits per heavy atom. The number of nitrogens with zero attached hydrogens (tertiary/aromatic N) is 2. The Labute approximate surface area is 98.1 Å². The predicted octanol–water partition coefficient (Wildman–Crippen LogP) is 1.03. The summed E-state index contributed by atoms with van der Waals surface area (Å²) in [6.07, 6.45) is 1.88. The van der Waals surface area contributed by atoms with Crippen LogP contribution in [0, 0.1) is 6.92 Å². The zero-order valence-corrected chi connectivity index (χ0v) is 9.47. The molecule has 0 saturated carbocycles. The molecular weight excluding hydrogens is 218 g/mol. The van der Waals surface area contributed by atoms with E-state index < -0.39 is 5.97 Å². The van der Waals surface area contributed by atoms with E-state index in [2.05, 4.69) is 10.3 Å². The van der Waals surface area contributed by atoms with Crippen molar-refractivity contribution in [2.45, 2.75) is 12.8 Å². The lowest BCUT2D eigenvalue weighted by Gasteiger charge is -2.25. The third-order valence-electron chi connectivity index (χ3n) is 3.24. The second-order valence-electron chi connectivity index (χ2n) is 4.39. The fourth-order valence-corrected chi connectivity index (χ4v) is 2.24. The van der Waals surface area contributed by atoms with Gasteiger partial charge < -0.3 is 14.8 Å². The molecular formula is C12H13N3O2. The first kappa shape index (κ1) is 10.3.